The molecule has 1 aliphatic heterocycles. The van der Waals surface area contributed by atoms with Crippen molar-refractivity contribution in [3.05, 3.63) is 0 Å². The predicted molar refractivity (Wildman–Crippen MR) is 68.5 cm³/mol. The van der Waals surface area contributed by atoms with Crippen LogP contribution in [0.3, 0.4) is 0 Å². The Bertz CT molecular complexity index is 235. The Hall–Kier alpha value is 0.920. The van der Waals surface area contributed by atoms with Crippen molar-refractivity contribution in [3.63, 3.8) is 0 Å². The largest absolute Gasteiger partial charge is 0.336 e. The van der Waals surface area contributed by atoms with Crippen molar-refractivity contribution in [1.82, 2.24) is 0 Å². The van der Waals surface area contributed by atoms with E-state index in [1.54, 1.807) is 5.29 Å². The van der Waals surface area contributed by atoms with Crippen LogP contribution in [0.25, 0.3) is 0 Å². The van der Waals surface area contributed by atoms with E-state index in [0.717, 1.165) is 24.7 Å². The first-order chi connectivity index (χ1) is 6.81. The molecule has 0 amide bonds. The zero-order valence-electron chi connectivity index (χ0n) is 8.53. The molecule has 2 aliphatic rings. The molecule has 0 unspecified atom stereocenters. The lowest BCUT2D eigenvalue weighted by atomic mass is 10.0. The molecule has 14 heavy (non-hydrogen) atoms. The maximum atomic E-state index is 5.97. The fourth-order valence-corrected chi connectivity index (χ4v) is 5.92. The predicted octanol–water partition coefficient (Wildman–Crippen LogP) is 3.25. The van der Waals surface area contributed by atoms with Gasteiger partial charge in [0.15, 0.2) is 0 Å². The average molecular weight is 252 g/mol. The zero-order chi connectivity index (χ0) is 9.86. The maximum absolute atomic E-state index is 5.97. The van der Waals surface area contributed by atoms with E-state index < -0.39 is 7.34 Å². The highest BCUT2D eigenvalue weighted by molar-refractivity contribution is 8.76. The maximum Gasteiger partial charge on any atom is 0.120 e. The van der Waals surface area contributed by atoms with Gasteiger partial charge in [-0.3, -0.25) is 0 Å². The van der Waals surface area contributed by atoms with Gasteiger partial charge >= 0.3 is 0 Å². The monoisotopic (exact) mass is 252 g/mol. The minimum Gasteiger partial charge on any atom is -0.336 e. The topological polar surface area (TPSA) is 18.5 Å². The third-order valence-corrected chi connectivity index (χ3v) is 7.88. The second-order valence-electron chi connectivity index (χ2n) is 3.58. The van der Waals surface area contributed by atoms with Crippen LogP contribution >= 0.6 is 28.9 Å². The summed E-state index contributed by atoms with van der Waals surface area (Å²) in [6.45, 7) is 3.90. The van der Waals surface area contributed by atoms with Crippen LogP contribution in [0, 0.1) is 0 Å². The van der Waals surface area contributed by atoms with Gasteiger partial charge in [0.2, 0.25) is 0 Å². The summed E-state index contributed by atoms with van der Waals surface area (Å²) >= 11 is 0. The van der Waals surface area contributed by atoms with Crippen molar-refractivity contribution in [3.8, 4) is 0 Å². The number of hydrogen-bond acceptors (Lipinski definition) is 4. The molecule has 1 heterocycles. The van der Waals surface area contributed by atoms with Crippen LogP contribution in [-0.4, -0.2) is 36.7 Å². The van der Waals surface area contributed by atoms with E-state index in [4.69, 9.17) is 9.05 Å². The van der Waals surface area contributed by atoms with E-state index in [1.807, 2.05) is 21.6 Å². The summed E-state index contributed by atoms with van der Waals surface area (Å²) in [5.74, 6) is 2.19. The first-order valence-corrected chi connectivity index (χ1v) is 9.62. The van der Waals surface area contributed by atoms with E-state index in [-0.39, 0.29) is 0 Å². The summed E-state index contributed by atoms with van der Waals surface area (Å²) in [6.07, 6.45) is 3.82. The van der Waals surface area contributed by atoms with Gasteiger partial charge in [0.1, 0.15) is 7.34 Å². The van der Waals surface area contributed by atoms with E-state index in [9.17, 15) is 0 Å². The zero-order valence-corrected chi connectivity index (χ0v) is 11.1. The molecule has 1 saturated heterocycles. The standard InChI is InChI=1S/C9H17O2PS2/c1-12(9-3-2-4-9)10-5-7-13-14-8-6-11-12/h2-8H2,1H3. The fourth-order valence-electron chi connectivity index (χ4n) is 1.57. The Morgan fingerprint density at radius 3 is 2.07 bits per heavy atom. The molecule has 0 aromatic heterocycles. The van der Waals surface area contributed by atoms with Crippen molar-refractivity contribution in [2.45, 2.75) is 19.3 Å². The van der Waals surface area contributed by atoms with Gasteiger partial charge in [-0.1, -0.05) is 21.6 Å². The van der Waals surface area contributed by atoms with Gasteiger partial charge in [0.25, 0.3) is 0 Å². The lowest BCUT2D eigenvalue weighted by Crippen LogP contribution is -2.16. The van der Waals surface area contributed by atoms with Gasteiger partial charge in [-0.25, -0.2) is 0 Å². The summed E-state index contributed by atoms with van der Waals surface area (Å²) < 4.78 is 11.9. The lowest BCUT2D eigenvalue weighted by Gasteiger charge is -2.30. The van der Waals surface area contributed by atoms with Gasteiger partial charge in [-0.05, 0) is 24.6 Å². The van der Waals surface area contributed by atoms with Crippen LogP contribution in [-0.2, 0) is 9.05 Å². The van der Waals surface area contributed by atoms with Crippen LogP contribution in [0.4, 0.5) is 0 Å². The first-order valence-electron chi connectivity index (χ1n) is 5.06. The lowest BCUT2D eigenvalue weighted by molar-refractivity contribution is 0.272. The molecule has 0 atom stereocenters. The Morgan fingerprint density at radius 2 is 1.64 bits per heavy atom. The van der Waals surface area contributed by atoms with Crippen LogP contribution in [0.5, 0.6) is 0 Å². The molecule has 82 valence electrons. The molecule has 5 heteroatoms. The molecule has 2 fully saturated rings. The summed E-state index contributed by atoms with van der Waals surface area (Å²) in [7, 11) is 2.22. The normalized spacial score (nSPS) is 28.5. The molecule has 2 rings (SSSR count). The smallest absolute Gasteiger partial charge is 0.120 e. The third kappa shape index (κ3) is 2.73. The molecule has 0 N–H and O–H groups in total. The van der Waals surface area contributed by atoms with Crippen LogP contribution in [0.15, 0.2) is 0 Å². The van der Waals surface area contributed by atoms with E-state index in [2.05, 4.69) is 6.66 Å². The fraction of sp³-hybridized carbons (Fsp3) is 0.889. The Labute approximate surface area is 94.0 Å². The van der Waals surface area contributed by atoms with Crippen molar-refractivity contribution >= 4 is 34.2 Å². The van der Waals surface area contributed by atoms with Gasteiger partial charge in [0.05, 0.1) is 13.2 Å². The van der Waals surface area contributed by atoms with Gasteiger partial charge in [-0.2, -0.15) is 0 Å². The van der Waals surface area contributed by atoms with Gasteiger partial charge < -0.3 is 9.05 Å². The Balaban J connectivity index is 2.06. The van der Waals surface area contributed by atoms with Gasteiger partial charge in [0, 0.05) is 18.2 Å². The van der Waals surface area contributed by atoms with E-state index >= 15 is 0 Å². The molecular weight excluding hydrogens is 235 g/mol. The highest BCUT2D eigenvalue weighted by Crippen LogP contribution is 2.52. The first kappa shape index (κ1) is 11.4. The molecule has 0 aromatic carbocycles. The van der Waals surface area contributed by atoms with E-state index in [0.29, 0.717) is 0 Å². The molecule has 0 radical (unpaired) electrons. The van der Waals surface area contributed by atoms with Crippen LogP contribution < -0.4 is 0 Å². The second-order valence-corrected chi connectivity index (χ2v) is 9.12. The van der Waals surface area contributed by atoms with Crippen molar-refractivity contribution in [2.75, 3.05) is 31.4 Å². The van der Waals surface area contributed by atoms with Crippen molar-refractivity contribution in [2.24, 2.45) is 0 Å². The summed E-state index contributed by atoms with van der Waals surface area (Å²) in [5, 5.41) is 1.56. The average Bonchev–Trinajstić information content (AvgIpc) is 2.14. The molecular formula is C9H17O2PS2. The van der Waals surface area contributed by atoms with Crippen molar-refractivity contribution in [1.29, 1.82) is 0 Å². The molecule has 0 bridgehead atoms. The number of rotatable bonds is 0. The molecule has 0 aromatic rings. The SMILES string of the molecule is CP1(=C2CCC2)OCCSSCCO1. The highest BCUT2D eigenvalue weighted by atomic mass is 33.1. The minimum absolute atomic E-state index is 0.853. The molecule has 1 aliphatic carbocycles. The van der Waals surface area contributed by atoms with Crippen LogP contribution in [0.1, 0.15) is 19.3 Å². The third-order valence-electron chi connectivity index (χ3n) is 2.60. The summed E-state index contributed by atoms with van der Waals surface area (Å²) in [6, 6.07) is 0. The number of hydrogen-bond donors (Lipinski definition) is 0. The molecule has 2 nitrogen and oxygen atoms in total. The second kappa shape index (κ2) is 5.31. The van der Waals surface area contributed by atoms with Gasteiger partial charge in [-0.15, -0.1) is 0 Å². The quantitative estimate of drug-likeness (QED) is 0.486. The van der Waals surface area contributed by atoms with Crippen molar-refractivity contribution < 1.29 is 9.05 Å². The Morgan fingerprint density at radius 1 is 1.07 bits per heavy atom. The molecule has 1 saturated carbocycles. The van der Waals surface area contributed by atoms with Crippen LogP contribution in [0.2, 0.25) is 0 Å². The van der Waals surface area contributed by atoms with E-state index in [1.165, 1.54) is 19.3 Å². The highest BCUT2D eigenvalue weighted by Gasteiger charge is 2.24. The molecule has 0 spiro atoms. The summed E-state index contributed by atoms with van der Waals surface area (Å²) in [4.78, 5) is 0. The minimum atomic E-state index is -1.58. The summed E-state index contributed by atoms with van der Waals surface area (Å²) in [5.41, 5.74) is 0. The Kier molecular flexibility index (Phi) is 4.33.